The summed E-state index contributed by atoms with van der Waals surface area (Å²) in [6, 6.07) is 6.06. The van der Waals surface area contributed by atoms with Crippen molar-refractivity contribution in [1.82, 2.24) is 9.97 Å². The van der Waals surface area contributed by atoms with Crippen molar-refractivity contribution < 1.29 is 14.3 Å². The molecule has 0 saturated heterocycles. The fourth-order valence-corrected chi connectivity index (χ4v) is 4.98. The van der Waals surface area contributed by atoms with E-state index in [0.29, 0.717) is 23.6 Å². The first-order valence-corrected chi connectivity index (χ1v) is 11.5. The molecule has 0 saturated carbocycles. The van der Waals surface area contributed by atoms with Gasteiger partial charge in [-0.2, -0.15) is 0 Å². The smallest absolute Gasteiger partial charge is 0.308 e. The zero-order chi connectivity index (χ0) is 24.1. The SMILES string of the molecule is CC(=O)Oc1c(C)c(C)c2c(c1C)CCC(C)(N(C=S)c1ccc3c(C)cc(C)nc3n1)O2. The molecule has 0 fully saturated rings. The molecule has 7 heteroatoms. The highest BCUT2D eigenvalue weighted by atomic mass is 32.1. The summed E-state index contributed by atoms with van der Waals surface area (Å²) in [5.74, 6) is 1.83. The van der Waals surface area contributed by atoms with E-state index in [1.165, 1.54) is 6.92 Å². The van der Waals surface area contributed by atoms with E-state index in [1.54, 1.807) is 5.49 Å². The Hall–Kier alpha value is -3.06. The van der Waals surface area contributed by atoms with Crippen LogP contribution in [0, 0.1) is 34.6 Å². The molecule has 4 rings (SSSR count). The monoisotopic (exact) mass is 463 g/mol. The quantitative estimate of drug-likeness (QED) is 0.283. The molecule has 3 heterocycles. The van der Waals surface area contributed by atoms with E-state index in [-0.39, 0.29) is 5.97 Å². The highest BCUT2D eigenvalue weighted by Gasteiger charge is 2.40. The summed E-state index contributed by atoms with van der Waals surface area (Å²) in [7, 11) is 0. The Labute approximate surface area is 199 Å². The van der Waals surface area contributed by atoms with Crippen molar-refractivity contribution in [3.05, 3.63) is 51.7 Å². The topological polar surface area (TPSA) is 64.5 Å². The Bertz CT molecular complexity index is 1300. The van der Waals surface area contributed by atoms with Gasteiger partial charge < -0.3 is 9.47 Å². The number of esters is 1. The maximum absolute atomic E-state index is 11.6. The van der Waals surface area contributed by atoms with E-state index in [2.05, 4.69) is 18.0 Å². The van der Waals surface area contributed by atoms with Gasteiger partial charge in [-0.15, -0.1) is 0 Å². The highest BCUT2D eigenvalue weighted by molar-refractivity contribution is 7.79. The number of rotatable bonds is 4. The average Bonchev–Trinajstić information content (AvgIpc) is 2.75. The van der Waals surface area contributed by atoms with Crippen molar-refractivity contribution in [2.24, 2.45) is 0 Å². The van der Waals surface area contributed by atoms with E-state index in [4.69, 9.17) is 26.7 Å². The van der Waals surface area contributed by atoms with E-state index in [0.717, 1.165) is 51.1 Å². The number of nitrogens with zero attached hydrogens (tertiary/aromatic N) is 3. The van der Waals surface area contributed by atoms with Crippen LogP contribution >= 0.6 is 12.2 Å². The predicted octanol–water partition coefficient (Wildman–Crippen LogP) is 5.60. The summed E-state index contributed by atoms with van der Waals surface area (Å²) in [6.45, 7) is 13.4. The number of aryl methyl sites for hydroxylation is 2. The molecule has 6 nitrogen and oxygen atoms in total. The van der Waals surface area contributed by atoms with Gasteiger partial charge in [-0.25, -0.2) is 9.97 Å². The number of hydrogen-bond acceptors (Lipinski definition) is 6. The Kier molecular flexibility index (Phi) is 5.86. The zero-order valence-electron chi connectivity index (χ0n) is 20.2. The molecule has 1 aliphatic heterocycles. The third-order valence-electron chi connectivity index (χ3n) is 6.57. The molecule has 0 aliphatic carbocycles. The van der Waals surface area contributed by atoms with Crippen LogP contribution in [0.1, 0.15) is 53.8 Å². The van der Waals surface area contributed by atoms with Crippen LogP contribution < -0.4 is 14.4 Å². The van der Waals surface area contributed by atoms with E-state index in [9.17, 15) is 4.79 Å². The first-order chi connectivity index (χ1) is 15.6. The minimum atomic E-state index is -0.721. The molecule has 0 bridgehead atoms. The minimum Gasteiger partial charge on any atom is -0.467 e. The Morgan fingerprint density at radius 3 is 2.55 bits per heavy atom. The number of pyridine rings is 2. The summed E-state index contributed by atoms with van der Waals surface area (Å²) >= 11 is 5.44. The second-order valence-corrected chi connectivity index (χ2v) is 9.19. The van der Waals surface area contributed by atoms with Crippen LogP contribution in [0.25, 0.3) is 11.0 Å². The molecule has 1 aliphatic rings. The van der Waals surface area contributed by atoms with Gasteiger partial charge in [-0.3, -0.25) is 9.69 Å². The molecule has 33 heavy (non-hydrogen) atoms. The van der Waals surface area contributed by atoms with Gasteiger partial charge in [0.2, 0.25) is 0 Å². The number of aromatic nitrogens is 2. The van der Waals surface area contributed by atoms with Gasteiger partial charge in [0, 0.05) is 30.0 Å². The van der Waals surface area contributed by atoms with Crippen LogP contribution in [0.3, 0.4) is 0 Å². The molecule has 1 unspecified atom stereocenters. The minimum absolute atomic E-state index is 0.324. The molecular formula is C26H29N3O3S. The first kappa shape index (κ1) is 23.1. The number of carbonyl (C=O) groups is 1. The van der Waals surface area contributed by atoms with Crippen LogP contribution in [0.5, 0.6) is 11.5 Å². The van der Waals surface area contributed by atoms with Crippen molar-refractivity contribution in [2.75, 3.05) is 4.90 Å². The molecule has 172 valence electrons. The molecule has 0 radical (unpaired) electrons. The van der Waals surface area contributed by atoms with Gasteiger partial charge in [-0.05, 0) is 88.4 Å². The van der Waals surface area contributed by atoms with Crippen LogP contribution in [-0.4, -0.2) is 27.2 Å². The lowest BCUT2D eigenvalue weighted by atomic mass is 9.89. The molecule has 0 amide bonds. The van der Waals surface area contributed by atoms with Crippen LogP contribution in [0.15, 0.2) is 18.2 Å². The molecule has 0 N–H and O–H groups in total. The van der Waals surface area contributed by atoms with Crippen LogP contribution in [0.2, 0.25) is 0 Å². The summed E-state index contributed by atoms with van der Waals surface area (Å²) in [4.78, 5) is 23.0. The first-order valence-electron chi connectivity index (χ1n) is 11.1. The number of benzene rings is 1. The lowest BCUT2D eigenvalue weighted by molar-refractivity contribution is -0.132. The maximum atomic E-state index is 11.6. The Morgan fingerprint density at radius 1 is 1.15 bits per heavy atom. The number of ether oxygens (including phenoxy) is 2. The largest absolute Gasteiger partial charge is 0.467 e. The molecule has 0 spiro atoms. The molecule has 1 aromatic carbocycles. The van der Waals surface area contributed by atoms with Gasteiger partial charge in [-0.1, -0.05) is 12.2 Å². The predicted molar refractivity (Wildman–Crippen MR) is 134 cm³/mol. The lowest BCUT2D eigenvalue weighted by Gasteiger charge is -2.43. The zero-order valence-corrected chi connectivity index (χ0v) is 21.0. The summed E-state index contributed by atoms with van der Waals surface area (Å²) in [5.41, 5.74) is 7.52. The number of fused-ring (bicyclic) bond motifs is 2. The fourth-order valence-electron chi connectivity index (χ4n) is 4.65. The van der Waals surface area contributed by atoms with Crippen LogP contribution in [-0.2, 0) is 11.2 Å². The number of thiocarbonyl (C=S) groups is 1. The summed E-state index contributed by atoms with van der Waals surface area (Å²) in [6.07, 6.45) is 1.45. The van der Waals surface area contributed by atoms with Crippen molar-refractivity contribution >= 4 is 40.5 Å². The van der Waals surface area contributed by atoms with Crippen molar-refractivity contribution in [2.45, 2.75) is 67.0 Å². The third-order valence-corrected chi connectivity index (χ3v) is 6.78. The normalized spacial score (nSPS) is 17.3. The third kappa shape index (κ3) is 3.95. The van der Waals surface area contributed by atoms with Gasteiger partial charge >= 0.3 is 5.97 Å². The van der Waals surface area contributed by atoms with E-state index < -0.39 is 5.72 Å². The van der Waals surface area contributed by atoms with Crippen molar-refractivity contribution in [3.63, 3.8) is 0 Å². The van der Waals surface area contributed by atoms with Gasteiger partial charge in [0.05, 0.1) is 5.49 Å². The molecule has 2 aromatic heterocycles. The van der Waals surface area contributed by atoms with Crippen molar-refractivity contribution in [1.29, 1.82) is 0 Å². The summed E-state index contributed by atoms with van der Waals surface area (Å²) in [5, 5.41) is 1.02. The average molecular weight is 464 g/mol. The molecule has 1 atom stereocenters. The number of anilines is 1. The Balaban J connectivity index is 1.77. The van der Waals surface area contributed by atoms with Gasteiger partial charge in [0.25, 0.3) is 0 Å². The van der Waals surface area contributed by atoms with Crippen LogP contribution in [0.4, 0.5) is 5.82 Å². The van der Waals surface area contributed by atoms with E-state index in [1.807, 2.05) is 51.7 Å². The molecular weight excluding hydrogens is 434 g/mol. The second-order valence-electron chi connectivity index (χ2n) is 8.98. The van der Waals surface area contributed by atoms with Crippen molar-refractivity contribution in [3.8, 4) is 11.5 Å². The summed E-state index contributed by atoms with van der Waals surface area (Å²) < 4.78 is 12.2. The molecule has 3 aromatic rings. The second kappa shape index (κ2) is 8.37. The fraction of sp³-hybridized carbons (Fsp3) is 0.385. The maximum Gasteiger partial charge on any atom is 0.308 e. The lowest BCUT2D eigenvalue weighted by Crippen LogP contribution is -2.53. The standard InChI is InChI=1S/C26H29N3O3S/c1-14-12-15(2)27-25-20(14)8-9-22(28-25)29(13-33)26(7)11-10-21-18(5)23(31-19(6)30)16(3)17(4)24(21)32-26/h8-9,12-13H,10-11H2,1-7H3. The van der Waals surface area contributed by atoms with Gasteiger partial charge in [0.1, 0.15) is 17.3 Å². The van der Waals surface area contributed by atoms with Gasteiger partial charge in [0.15, 0.2) is 11.4 Å². The Morgan fingerprint density at radius 2 is 1.88 bits per heavy atom. The number of hydrogen-bond donors (Lipinski definition) is 0. The van der Waals surface area contributed by atoms with E-state index >= 15 is 0 Å². The highest BCUT2D eigenvalue weighted by Crippen LogP contribution is 2.45. The number of carbonyl (C=O) groups excluding carboxylic acids is 1.